The zero-order valence-electron chi connectivity index (χ0n) is 13.0. The van der Waals surface area contributed by atoms with E-state index >= 15 is 0 Å². The zero-order valence-corrected chi connectivity index (χ0v) is 13.8. The van der Waals surface area contributed by atoms with Crippen molar-refractivity contribution in [3.8, 4) is 0 Å². The minimum Gasteiger partial charge on any atom is -0.399 e. The number of unbranched alkanes of at least 4 members (excludes halogenated alkanes) is 7. The molecule has 1 unspecified atom stereocenters. The second-order valence-electron chi connectivity index (χ2n) is 5.55. The van der Waals surface area contributed by atoms with Crippen LogP contribution in [-0.2, 0) is 10.8 Å². The Morgan fingerprint density at radius 2 is 1.60 bits per heavy atom. The summed E-state index contributed by atoms with van der Waals surface area (Å²) in [5.41, 5.74) is 7.51. The fraction of sp³-hybridized carbons (Fsp3) is 0.647. The monoisotopic (exact) mass is 295 g/mol. The number of nitrogens with two attached hydrogens (primary N) is 1. The zero-order chi connectivity index (χ0) is 14.8. The Balaban J connectivity index is 2.17. The Kier molecular flexibility index (Phi) is 8.59. The quantitative estimate of drug-likeness (QED) is 0.496. The molecule has 0 heterocycles. The number of nitrogen functional groups attached to an aromatic ring is 1. The average molecular weight is 295 g/mol. The first kappa shape index (κ1) is 17.2. The lowest BCUT2D eigenvalue weighted by atomic mass is 10.1. The van der Waals surface area contributed by atoms with Crippen LogP contribution in [0.25, 0.3) is 0 Å². The van der Waals surface area contributed by atoms with Gasteiger partial charge in [-0.1, -0.05) is 51.9 Å². The van der Waals surface area contributed by atoms with Crippen molar-refractivity contribution in [3.05, 3.63) is 23.8 Å². The van der Waals surface area contributed by atoms with Gasteiger partial charge in [0.1, 0.15) is 0 Å². The first-order valence-corrected chi connectivity index (χ1v) is 9.21. The summed E-state index contributed by atoms with van der Waals surface area (Å²) in [5, 5.41) is 0. The van der Waals surface area contributed by atoms with Crippen LogP contribution in [0.4, 0.5) is 5.69 Å². The van der Waals surface area contributed by atoms with Crippen LogP contribution in [0.2, 0.25) is 0 Å². The predicted octanol–water partition coefficient (Wildman–Crippen LogP) is 4.83. The molecule has 0 bridgehead atoms. The second kappa shape index (κ2) is 9.98. The van der Waals surface area contributed by atoms with Crippen molar-refractivity contribution in [2.75, 3.05) is 11.5 Å². The topological polar surface area (TPSA) is 43.1 Å². The third-order valence-electron chi connectivity index (χ3n) is 3.63. The molecule has 0 fully saturated rings. The van der Waals surface area contributed by atoms with E-state index in [1.807, 2.05) is 25.1 Å². The fourth-order valence-electron chi connectivity index (χ4n) is 2.41. The van der Waals surface area contributed by atoms with Gasteiger partial charge in [-0.25, -0.2) is 0 Å². The van der Waals surface area contributed by atoms with Crippen molar-refractivity contribution >= 4 is 16.5 Å². The highest BCUT2D eigenvalue weighted by molar-refractivity contribution is 7.85. The van der Waals surface area contributed by atoms with Crippen LogP contribution in [0.15, 0.2) is 23.1 Å². The maximum atomic E-state index is 12.2. The molecule has 2 N–H and O–H groups in total. The van der Waals surface area contributed by atoms with Crippen LogP contribution < -0.4 is 5.73 Å². The van der Waals surface area contributed by atoms with Gasteiger partial charge in [-0.05, 0) is 37.1 Å². The lowest BCUT2D eigenvalue weighted by Crippen LogP contribution is -2.01. The molecule has 0 aliphatic rings. The van der Waals surface area contributed by atoms with Crippen molar-refractivity contribution in [2.45, 2.75) is 70.1 Å². The van der Waals surface area contributed by atoms with E-state index in [0.717, 1.165) is 28.3 Å². The standard InChI is InChI=1S/C17H29NOS/c1-3-4-5-6-7-8-9-10-13-20(19)17-12-11-16(18)14-15(17)2/h11-12,14H,3-10,13,18H2,1-2H3. The molecule has 0 amide bonds. The Hall–Kier alpha value is -0.830. The van der Waals surface area contributed by atoms with Gasteiger partial charge >= 0.3 is 0 Å². The van der Waals surface area contributed by atoms with Gasteiger partial charge in [0.25, 0.3) is 0 Å². The minimum absolute atomic E-state index is 0.746. The van der Waals surface area contributed by atoms with Gasteiger partial charge in [0.2, 0.25) is 0 Å². The molecule has 0 aliphatic heterocycles. The summed E-state index contributed by atoms with van der Waals surface area (Å²) in [6.45, 7) is 4.23. The molecular weight excluding hydrogens is 266 g/mol. The molecule has 1 aromatic carbocycles. The Bertz CT molecular complexity index is 417. The van der Waals surface area contributed by atoms with Gasteiger partial charge in [0.15, 0.2) is 0 Å². The Labute approximate surface area is 126 Å². The van der Waals surface area contributed by atoms with Crippen molar-refractivity contribution in [3.63, 3.8) is 0 Å². The predicted molar refractivity (Wildman–Crippen MR) is 89.5 cm³/mol. The van der Waals surface area contributed by atoms with Gasteiger partial charge in [-0.15, -0.1) is 0 Å². The molecule has 0 saturated heterocycles. The van der Waals surface area contributed by atoms with Crippen molar-refractivity contribution in [1.29, 1.82) is 0 Å². The largest absolute Gasteiger partial charge is 0.399 e. The van der Waals surface area contributed by atoms with E-state index in [9.17, 15) is 4.21 Å². The number of aryl methyl sites for hydroxylation is 1. The number of benzene rings is 1. The molecule has 20 heavy (non-hydrogen) atoms. The number of hydrogen-bond acceptors (Lipinski definition) is 2. The van der Waals surface area contributed by atoms with E-state index in [0.29, 0.717) is 0 Å². The summed E-state index contributed by atoms with van der Waals surface area (Å²) in [4.78, 5) is 0.946. The molecule has 1 rings (SSSR count). The van der Waals surface area contributed by atoms with Crippen molar-refractivity contribution in [2.24, 2.45) is 0 Å². The highest BCUT2D eigenvalue weighted by Gasteiger charge is 2.07. The minimum atomic E-state index is -0.869. The number of rotatable bonds is 10. The summed E-state index contributed by atoms with van der Waals surface area (Å²) in [7, 11) is -0.869. The van der Waals surface area contributed by atoms with Gasteiger partial charge in [0.05, 0.1) is 10.8 Å². The molecule has 1 atom stereocenters. The lowest BCUT2D eigenvalue weighted by molar-refractivity contribution is 0.584. The highest BCUT2D eigenvalue weighted by atomic mass is 32.2. The molecule has 2 nitrogen and oxygen atoms in total. The summed E-state index contributed by atoms with van der Waals surface area (Å²) >= 11 is 0. The van der Waals surface area contributed by atoms with Crippen LogP contribution in [0.3, 0.4) is 0 Å². The van der Waals surface area contributed by atoms with Crippen LogP contribution in [0, 0.1) is 6.92 Å². The van der Waals surface area contributed by atoms with Crippen LogP contribution in [0.5, 0.6) is 0 Å². The maximum absolute atomic E-state index is 12.2. The SMILES string of the molecule is CCCCCCCCCCS(=O)c1ccc(N)cc1C. The van der Waals surface area contributed by atoms with Gasteiger partial charge < -0.3 is 5.73 Å². The van der Waals surface area contributed by atoms with E-state index in [1.165, 1.54) is 44.9 Å². The normalized spacial score (nSPS) is 12.5. The molecule has 0 aromatic heterocycles. The van der Waals surface area contributed by atoms with Crippen LogP contribution in [0.1, 0.15) is 63.9 Å². The van der Waals surface area contributed by atoms with E-state index in [4.69, 9.17) is 5.73 Å². The van der Waals surface area contributed by atoms with Gasteiger partial charge in [-0.3, -0.25) is 4.21 Å². The molecule has 0 spiro atoms. The molecule has 3 heteroatoms. The van der Waals surface area contributed by atoms with Crippen molar-refractivity contribution in [1.82, 2.24) is 0 Å². The molecular formula is C17H29NOS. The first-order valence-electron chi connectivity index (χ1n) is 7.89. The summed E-state index contributed by atoms with van der Waals surface area (Å²) in [5.74, 6) is 0.777. The van der Waals surface area contributed by atoms with E-state index in [2.05, 4.69) is 6.92 Å². The summed E-state index contributed by atoms with van der Waals surface area (Å²) in [6, 6.07) is 5.65. The van der Waals surface area contributed by atoms with Crippen LogP contribution >= 0.6 is 0 Å². The van der Waals surface area contributed by atoms with Gasteiger partial charge in [-0.2, -0.15) is 0 Å². The first-order chi connectivity index (χ1) is 9.65. The molecule has 0 radical (unpaired) electrons. The van der Waals surface area contributed by atoms with Gasteiger partial charge in [0, 0.05) is 16.3 Å². The average Bonchev–Trinajstić information content (AvgIpc) is 2.41. The van der Waals surface area contributed by atoms with E-state index in [1.54, 1.807) is 0 Å². The second-order valence-corrected chi connectivity index (χ2v) is 7.09. The summed E-state index contributed by atoms with van der Waals surface area (Å²) in [6.07, 6.45) is 10.3. The molecule has 114 valence electrons. The van der Waals surface area contributed by atoms with E-state index in [-0.39, 0.29) is 0 Å². The lowest BCUT2D eigenvalue weighted by Gasteiger charge is -2.07. The third-order valence-corrected chi connectivity index (χ3v) is 5.24. The molecule has 1 aromatic rings. The number of hydrogen-bond donors (Lipinski definition) is 1. The number of anilines is 1. The Morgan fingerprint density at radius 3 is 2.20 bits per heavy atom. The molecule has 0 saturated carbocycles. The van der Waals surface area contributed by atoms with E-state index < -0.39 is 10.8 Å². The van der Waals surface area contributed by atoms with Crippen LogP contribution in [-0.4, -0.2) is 9.96 Å². The third kappa shape index (κ3) is 6.56. The maximum Gasteiger partial charge on any atom is 0.0532 e. The van der Waals surface area contributed by atoms with Crippen molar-refractivity contribution < 1.29 is 4.21 Å². The smallest absolute Gasteiger partial charge is 0.0532 e. The summed E-state index contributed by atoms with van der Waals surface area (Å²) < 4.78 is 12.2. The fourth-order valence-corrected chi connectivity index (χ4v) is 3.73. The molecule has 0 aliphatic carbocycles. The highest BCUT2D eigenvalue weighted by Crippen LogP contribution is 2.18. The Morgan fingerprint density at radius 1 is 1.00 bits per heavy atom.